The summed E-state index contributed by atoms with van der Waals surface area (Å²) in [6.45, 7) is 1.71. The fraction of sp³-hybridized carbons (Fsp3) is 0.250. The Morgan fingerprint density at radius 3 is 2.89 bits per heavy atom. The third-order valence-corrected chi connectivity index (χ3v) is 3.31. The minimum absolute atomic E-state index is 0.220. The molecule has 6 nitrogen and oxygen atoms in total. The lowest BCUT2D eigenvalue weighted by Gasteiger charge is -2.06. The summed E-state index contributed by atoms with van der Waals surface area (Å²) in [6, 6.07) is 3.58. The van der Waals surface area contributed by atoms with Crippen LogP contribution in [0.3, 0.4) is 0 Å². The first kappa shape index (κ1) is 13.3. The molecule has 0 bridgehead atoms. The second-order valence-electron chi connectivity index (χ2n) is 3.71. The van der Waals surface area contributed by atoms with Crippen LogP contribution >= 0.6 is 11.3 Å². The largest absolute Gasteiger partial charge is 0.465 e. The number of H-pyrrole nitrogens is 1. The number of hydrogen-bond donors (Lipinski definition) is 1. The molecule has 7 heteroatoms. The summed E-state index contributed by atoms with van der Waals surface area (Å²) >= 11 is 1.38. The van der Waals surface area contributed by atoms with Gasteiger partial charge in [-0.1, -0.05) is 6.07 Å². The normalized spacial score (nSPS) is 10.4. The van der Waals surface area contributed by atoms with Crippen LogP contribution in [-0.4, -0.2) is 22.1 Å². The van der Waals surface area contributed by atoms with E-state index in [1.807, 2.05) is 5.38 Å². The lowest BCUT2D eigenvalue weighted by Crippen LogP contribution is -2.32. The quantitative estimate of drug-likeness (QED) is 0.841. The van der Waals surface area contributed by atoms with Gasteiger partial charge in [0.25, 0.3) is 5.56 Å². The maximum absolute atomic E-state index is 11.7. The van der Waals surface area contributed by atoms with Crippen LogP contribution in [0.15, 0.2) is 33.3 Å². The van der Waals surface area contributed by atoms with Gasteiger partial charge in [-0.3, -0.25) is 19.1 Å². The van der Waals surface area contributed by atoms with E-state index in [4.69, 9.17) is 4.74 Å². The van der Waals surface area contributed by atoms with Gasteiger partial charge < -0.3 is 4.74 Å². The van der Waals surface area contributed by atoms with Gasteiger partial charge in [-0.2, -0.15) is 0 Å². The molecule has 0 radical (unpaired) electrons. The van der Waals surface area contributed by atoms with Gasteiger partial charge in [-0.15, -0.1) is 11.3 Å². The molecule has 0 aliphatic carbocycles. The Morgan fingerprint density at radius 2 is 2.26 bits per heavy atom. The van der Waals surface area contributed by atoms with Crippen LogP contribution in [0.25, 0.3) is 10.4 Å². The molecule has 0 aliphatic rings. The Bertz CT molecular complexity index is 684. The van der Waals surface area contributed by atoms with Crippen molar-refractivity contribution in [3.8, 4) is 10.4 Å². The monoisotopic (exact) mass is 280 g/mol. The number of thiophene rings is 1. The van der Waals surface area contributed by atoms with Crippen LogP contribution in [-0.2, 0) is 16.1 Å². The van der Waals surface area contributed by atoms with Gasteiger partial charge in [0.05, 0.1) is 12.2 Å². The van der Waals surface area contributed by atoms with Crippen LogP contribution < -0.4 is 11.2 Å². The van der Waals surface area contributed by atoms with Crippen LogP contribution in [0.1, 0.15) is 6.92 Å². The summed E-state index contributed by atoms with van der Waals surface area (Å²) in [6.07, 6.45) is 1.38. The van der Waals surface area contributed by atoms with Gasteiger partial charge in [-0.05, 0) is 18.4 Å². The minimum atomic E-state index is -0.627. The van der Waals surface area contributed by atoms with Crippen LogP contribution in [0.4, 0.5) is 0 Å². The predicted molar refractivity (Wildman–Crippen MR) is 71.3 cm³/mol. The molecule has 100 valence electrons. The van der Waals surface area contributed by atoms with Gasteiger partial charge in [0.15, 0.2) is 0 Å². The second-order valence-corrected chi connectivity index (χ2v) is 4.66. The molecule has 0 unspecified atom stereocenters. The molecule has 0 atom stereocenters. The molecule has 0 fully saturated rings. The first-order valence-corrected chi connectivity index (χ1v) is 6.53. The van der Waals surface area contributed by atoms with E-state index in [2.05, 4.69) is 4.98 Å². The highest BCUT2D eigenvalue weighted by molar-refractivity contribution is 7.13. The first-order valence-electron chi connectivity index (χ1n) is 5.65. The Kier molecular flexibility index (Phi) is 3.96. The Balaban J connectivity index is 2.40. The lowest BCUT2D eigenvalue weighted by atomic mass is 10.3. The third kappa shape index (κ3) is 3.00. The number of nitrogens with zero attached hydrogens (tertiary/aromatic N) is 1. The zero-order valence-corrected chi connectivity index (χ0v) is 11.0. The number of hydrogen-bond acceptors (Lipinski definition) is 5. The van der Waals surface area contributed by atoms with E-state index < -0.39 is 17.2 Å². The van der Waals surface area contributed by atoms with Crippen LogP contribution in [0.2, 0.25) is 0 Å². The number of carbonyl (C=O) groups excluding carboxylic acids is 1. The van der Waals surface area contributed by atoms with Crippen molar-refractivity contribution in [1.29, 1.82) is 0 Å². The number of nitrogens with one attached hydrogen (secondary N) is 1. The Labute approximate surface area is 112 Å². The summed E-state index contributed by atoms with van der Waals surface area (Å²) in [5, 5.41) is 1.83. The van der Waals surface area contributed by atoms with E-state index in [0.717, 1.165) is 9.44 Å². The summed E-state index contributed by atoms with van der Waals surface area (Å²) in [5.41, 5.74) is -0.732. The molecular formula is C12H12N2O4S. The van der Waals surface area contributed by atoms with Crippen molar-refractivity contribution in [2.45, 2.75) is 13.5 Å². The molecule has 2 aromatic rings. The highest BCUT2D eigenvalue weighted by Gasteiger charge is 2.10. The van der Waals surface area contributed by atoms with Crippen molar-refractivity contribution in [2.24, 2.45) is 0 Å². The molecule has 0 saturated carbocycles. The molecule has 0 aliphatic heterocycles. The van der Waals surface area contributed by atoms with E-state index >= 15 is 0 Å². The van der Waals surface area contributed by atoms with E-state index in [9.17, 15) is 14.4 Å². The molecule has 2 rings (SSSR count). The minimum Gasteiger partial charge on any atom is -0.465 e. The number of ether oxygens (including phenoxy) is 1. The standard InChI is InChI=1S/C12H12N2O4S/c1-2-18-10(15)7-14-6-8(9-4-3-5-19-9)11(16)13-12(14)17/h3-6H,2,7H2,1H3,(H,13,16,17). The lowest BCUT2D eigenvalue weighted by molar-refractivity contribution is -0.143. The van der Waals surface area contributed by atoms with Crippen molar-refractivity contribution in [1.82, 2.24) is 9.55 Å². The average molecular weight is 280 g/mol. The molecular weight excluding hydrogens is 268 g/mol. The highest BCUT2D eigenvalue weighted by atomic mass is 32.1. The van der Waals surface area contributed by atoms with Crippen LogP contribution in [0.5, 0.6) is 0 Å². The summed E-state index contributed by atoms with van der Waals surface area (Å²) in [7, 11) is 0. The van der Waals surface area contributed by atoms with Gasteiger partial charge in [0, 0.05) is 11.1 Å². The zero-order chi connectivity index (χ0) is 13.8. The topological polar surface area (TPSA) is 81.2 Å². The highest BCUT2D eigenvalue weighted by Crippen LogP contribution is 2.20. The van der Waals surface area contributed by atoms with Crippen molar-refractivity contribution in [2.75, 3.05) is 6.61 Å². The molecule has 0 aromatic carbocycles. The summed E-state index contributed by atoms with van der Waals surface area (Å²) < 4.78 is 5.91. The summed E-state index contributed by atoms with van der Waals surface area (Å²) in [4.78, 5) is 37.6. The summed E-state index contributed by atoms with van der Waals surface area (Å²) in [5.74, 6) is -0.520. The van der Waals surface area contributed by atoms with Gasteiger partial charge in [0.2, 0.25) is 0 Å². The van der Waals surface area contributed by atoms with Crippen molar-refractivity contribution < 1.29 is 9.53 Å². The van der Waals surface area contributed by atoms with Crippen LogP contribution in [0, 0.1) is 0 Å². The maximum atomic E-state index is 11.7. The predicted octanol–water partition coefficient (Wildman–Crippen LogP) is 0.828. The smallest absolute Gasteiger partial charge is 0.328 e. The fourth-order valence-corrected chi connectivity index (χ4v) is 2.31. The molecule has 0 saturated heterocycles. The number of carbonyl (C=O) groups is 1. The van der Waals surface area contributed by atoms with E-state index in [1.54, 1.807) is 19.1 Å². The SMILES string of the molecule is CCOC(=O)Cn1cc(-c2cccs2)c(=O)[nH]c1=O. The molecule has 0 amide bonds. The molecule has 1 N–H and O–H groups in total. The number of esters is 1. The molecule has 0 spiro atoms. The van der Waals surface area contributed by atoms with Gasteiger partial charge in [-0.25, -0.2) is 4.79 Å². The fourth-order valence-electron chi connectivity index (χ4n) is 1.58. The number of aromatic nitrogens is 2. The Morgan fingerprint density at radius 1 is 1.47 bits per heavy atom. The Hall–Kier alpha value is -2.15. The molecule has 2 aromatic heterocycles. The van der Waals surface area contributed by atoms with Gasteiger partial charge in [0.1, 0.15) is 6.54 Å². The van der Waals surface area contributed by atoms with Crippen molar-refractivity contribution in [3.05, 3.63) is 44.5 Å². The zero-order valence-electron chi connectivity index (χ0n) is 10.2. The number of aromatic amines is 1. The maximum Gasteiger partial charge on any atom is 0.328 e. The molecule has 19 heavy (non-hydrogen) atoms. The van der Waals surface area contributed by atoms with E-state index in [-0.39, 0.29) is 13.2 Å². The van der Waals surface area contributed by atoms with Gasteiger partial charge >= 0.3 is 11.7 Å². The van der Waals surface area contributed by atoms with Crippen molar-refractivity contribution >= 4 is 17.3 Å². The second kappa shape index (κ2) is 5.66. The first-order chi connectivity index (χ1) is 9.11. The van der Waals surface area contributed by atoms with E-state index in [1.165, 1.54) is 17.5 Å². The molecule has 2 heterocycles. The van der Waals surface area contributed by atoms with E-state index in [0.29, 0.717) is 5.56 Å². The van der Waals surface area contributed by atoms with Crippen molar-refractivity contribution in [3.63, 3.8) is 0 Å². The number of rotatable bonds is 4. The average Bonchev–Trinajstić information content (AvgIpc) is 2.86. The third-order valence-electron chi connectivity index (χ3n) is 2.40.